The van der Waals surface area contributed by atoms with E-state index >= 15 is 0 Å². The van der Waals surface area contributed by atoms with Crippen molar-refractivity contribution >= 4 is 25.8 Å². The molecule has 0 bridgehead atoms. The average molecular weight is 336 g/mol. The minimum atomic E-state index is -3.12. The van der Waals surface area contributed by atoms with Gasteiger partial charge in [-0.15, -0.1) is 0 Å². The third-order valence-corrected chi connectivity index (χ3v) is 5.31. The van der Waals surface area contributed by atoms with Crippen molar-refractivity contribution in [1.29, 1.82) is 0 Å². The Morgan fingerprint density at radius 2 is 2.17 bits per heavy atom. The van der Waals surface area contributed by atoms with Gasteiger partial charge in [0.15, 0.2) is 9.84 Å². The second-order valence-corrected chi connectivity index (χ2v) is 7.52. The lowest BCUT2D eigenvalue weighted by Crippen LogP contribution is -2.26. The maximum atomic E-state index is 11.8. The number of rotatable bonds is 7. The lowest BCUT2D eigenvalue weighted by atomic mass is 10.3. The summed E-state index contributed by atoms with van der Waals surface area (Å²) in [6.45, 7) is 2.22. The van der Waals surface area contributed by atoms with E-state index in [0.29, 0.717) is 18.7 Å². The molecule has 0 aliphatic heterocycles. The predicted octanol–water partition coefficient (Wildman–Crippen LogP) is 1.98. The summed E-state index contributed by atoms with van der Waals surface area (Å²) in [5, 5.41) is -0.409. The molecule has 18 heavy (non-hydrogen) atoms. The van der Waals surface area contributed by atoms with E-state index < -0.39 is 15.1 Å². The van der Waals surface area contributed by atoms with E-state index in [4.69, 9.17) is 10.5 Å². The van der Waals surface area contributed by atoms with Crippen LogP contribution in [0.2, 0.25) is 0 Å². The van der Waals surface area contributed by atoms with Gasteiger partial charge in [0.1, 0.15) is 12.4 Å². The molecule has 1 unspecified atom stereocenters. The lowest BCUT2D eigenvalue weighted by Gasteiger charge is -2.12. The molecule has 1 aromatic carbocycles. The second-order valence-electron chi connectivity index (χ2n) is 4.06. The van der Waals surface area contributed by atoms with Crippen LogP contribution in [0.25, 0.3) is 0 Å². The average Bonchev–Trinajstić information content (AvgIpc) is 2.29. The van der Waals surface area contributed by atoms with E-state index in [-0.39, 0.29) is 12.4 Å². The zero-order chi connectivity index (χ0) is 13.6. The number of benzene rings is 1. The van der Waals surface area contributed by atoms with Crippen LogP contribution in [0.5, 0.6) is 5.75 Å². The highest BCUT2D eigenvalue weighted by atomic mass is 79.9. The van der Waals surface area contributed by atoms with Gasteiger partial charge in [0, 0.05) is 4.47 Å². The molecular weight excluding hydrogens is 318 g/mol. The Labute approximate surface area is 117 Å². The van der Waals surface area contributed by atoms with Gasteiger partial charge in [0.2, 0.25) is 0 Å². The summed E-state index contributed by atoms with van der Waals surface area (Å²) in [5.41, 5.74) is 5.36. The maximum Gasteiger partial charge on any atom is 0.156 e. The molecule has 2 N–H and O–H groups in total. The predicted molar refractivity (Wildman–Crippen MR) is 76.6 cm³/mol. The van der Waals surface area contributed by atoms with Crippen LogP contribution in [-0.4, -0.2) is 32.6 Å². The van der Waals surface area contributed by atoms with E-state index in [1.165, 1.54) is 0 Å². The molecule has 0 saturated carbocycles. The van der Waals surface area contributed by atoms with Crippen LogP contribution in [0.1, 0.15) is 13.3 Å². The summed E-state index contributed by atoms with van der Waals surface area (Å²) in [4.78, 5) is 0. The van der Waals surface area contributed by atoms with Gasteiger partial charge in [-0.2, -0.15) is 0 Å². The summed E-state index contributed by atoms with van der Waals surface area (Å²) < 4.78 is 30.0. The molecule has 102 valence electrons. The van der Waals surface area contributed by atoms with E-state index in [2.05, 4.69) is 15.9 Å². The molecule has 0 heterocycles. The number of ether oxygens (including phenoxy) is 1. The first-order valence-corrected chi connectivity index (χ1v) is 8.26. The van der Waals surface area contributed by atoms with Gasteiger partial charge in [-0.05, 0) is 38.1 Å². The Morgan fingerprint density at radius 3 is 2.78 bits per heavy atom. The van der Waals surface area contributed by atoms with E-state index in [1.807, 2.05) is 12.1 Å². The first-order valence-electron chi connectivity index (χ1n) is 5.75. The molecule has 0 saturated heterocycles. The smallest absolute Gasteiger partial charge is 0.156 e. The molecule has 0 radical (unpaired) electrons. The molecule has 1 aromatic rings. The molecule has 0 fully saturated rings. The van der Waals surface area contributed by atoms with Gasteiger partial charge >= 0.3 is 0 Å². The van der Waals surface area contributed by atoms with Gasteiger partial charge in [0.05, 0.1) is 11.0 Å². The zero-order valence-corrected chi connectivity index (χ0v) is 12.7. The highest BCUT2D eigenvalue weighted by molar-refractivity contribution is 9.10. The SMILES string of the molecule is CC(CCN)S(=O)(=O)CCOc1cccc(Br)c1. The minimum Gasteiger partial charge on any atom is -0.492 e. The van der Waals surface area contributed by atoms with E-state index in [1.54, 1.807) is 19.1 Å². The third kappa shape index (κ3) is 4.96. The molecule has 0 aromatic heterocycles. The van der Waals surface area contributed by atoms with Gasteiger partial charge in [-0.25, -0.2) is 8.42 Å². The largest absolute Gasteiger partial charge is 0.492 e. The Morgan fingerprint density at radius 1 is 1.44 bits per heavy atom. The normalized spacial score (nSPS) is 13.3. The van der Waals surface area contributed by atoms with Gasteiger partial charge < -0.3 is 10.5 Å². The Kier molecular flexibility index (Phi) is 6.11. The maximum absolute atomic E-state index is 11.8. The van der Waals surface area contributed by atoms with Gasteiger partial charge in [-0.3, -0.25) is 0 Å². The van der Waals surface area contributed by atoms with E-state index in [9.17, 15) is 8.42 Å². The molecule has 1 rings (SSSR count). The van der Waals surface area contributed by atoms with Gasteiger partial charge in [0.25, 0.3) is 0 Å². The van der Waals surface area contributed by atoms with Crippen LogP contribution in [0.15, 0.2) is 28.7 Å². The van der Waals surface area contributed by atoms with Crippen molar-refractivity contribution in [3.63, 3.8) is 0 Å². The van der Waals surface area contributed by atoms with Crippen molar-refractivity contribution in [3.8, 4) is 5.75 Å². The van der Waals surface area contributed by atoms with Gasteiger partial charge in [-0.1, -0.05) is 22.0 Å². The van der Waals surface area contributed by atoms with Crippen LogP contribution in [0.4, 0.5) is 0 Å². The van der Waals surface area contributed by atoms with E-state index in [0.717, 1.165) is 4.47 Å². The monoisotopic (exact) mass is 335 g/mol. The number of hydrogen-bond acceptors (Lipinski definition) is 4. The van der Waals surface area contributed by atoms with Crippen LogP contribution < -0.4 is 10.5 Å². The second kappa shape index (κ2) is 7.11. The fourth-order valence-corrected chi connectivity index (χ4v) is 3.04. The summed E-state index contributed by atoms with van der Waals surface area (Å²) in [5.74, 6) is 0.673. The Hall–Kier alpha value is -0.590. The fraction of sp³-hybridized carbons (Fsp3) is 0.500. The quantitative estimate of drug-likeness (QED) is 0.827. The first kappa shape index (κ1) is 15.5. The number of hydrogen-bond donors (Lipinski definition) is 1. The Balaban J connectivity index is 2.46. The highest BCUT2D eigenvalue weighted by Gasteiger charge is 2.19. The number of halogens is 1. The van der Waals surface area contributed by atoms with Crippen molar-refractivity contribution in [1.82, 2.24) is 0 Å². The fourth-order valence-electron chi connectivity index (χ4n) is 1.45. The van der Waals surface area contributed by atoms with Crippen molar-refractivity contribution in [2.24, 2.45) is 5.73 Å². The summed E-state index contributed by atoms with van der Waals surface area (Å²) in [6.07, 6.45) is 0.485. The summed E-state index contributed by atoms with van der Waals surface area (Å²) in [7, 11) is -3.12. The third-order valence-electron chi connectivity index (χ3n) is 2.62. The van der Waals surface area contributed by atoms with Crippen molar-refractivity contribution in [2.45, 2.75) is 18.6 Å². The molecule has 4 nitrogen and oxygen atoms in total. The summed E-state index contributed by atoms with van der Waals surface area (Å²) >= 11 is 3.33. The zero-order valence-electron chi connectivity index (χ0n) is 10.3. The number of nitrogens with two attached hydrogens (primary N) is 1. The number of sulfone groups is 1. The molecule has 0 aliphatic carbocycles. The van der Waals surface area contributed by atoms with Crippen LogP contribution in [0.3, 0.4) is 0 Å². The molecule has 0 aliphatic rings. The lowest BCUT2D eigenvalue weighted by molar-refractivity contribution is 0.340. The minimum absolute atomic E-state index is 0.0146. The topological polar surface area (TPSA) is 69.4 Å². The van der Waals surface area contributed by atoms with Crippen molar-refractivity contribution in [2.75, 3.05) is 18.9 Å². The molecule has 0 amide bonds. The molecule has 0 spiro atoms. The summed E-state index contributed by atoms with van der Waals surface area (Å²) in [6, 6.07) is 7.31. The standard InChI is InChI=1S/C12H18BrNO3S/c1-10(5-6-14)18(15,16)8-7-17-12-4-2-3-11(13)9-12/h2-4,9-10H,5-8,14H2,1H3. The first-order chi connectivity index (χ1) is 8.45. The highest BCUT2D eigenvalue weighted by Crippen LogP contribution is 2.17. The van der Waals surface area contributed by atoms with Crippen molar-refractivity contribution < 1.29 is 13.2 Å². The molecular formula is C12H18BrNO3S. The van der Waals surface area contributed by atoms with Crippen molar-refractivity contribution in [3.05, 3.63) is 28.7 Å². The molecule has 6 heteroatoms. The van der Waals surface area contributed by atoms with Crippen LogP contribution >= 0.6 is 15.9 Å². The van der Waals surface area contributed by atoms with Crippen LogP contribution in [-0.2, 0) is 9.84 Å². The molecule has 1 atom stereocenters. The van der Waals surface area contributed by atoms with Crippen LogP contribution in [0, 0.1) is 0 Å². The Bertz CT molecular complexity index is 476.